The second kappa shape index (κ2) is 7.48. The fraction of sp³-hybridized carbons (Fsp3) is 0.429. The van der Waals surface area contributed by atoms with E-state index in [1.54, 1.807) is 16.7 Å². The van der Waals surface area contributed by atoms with Gasteiger partial charge in [0.1, 0.15) is 5.82 Å². The summed E-state index contributed by atoms with van der Waals surface area (Å²) in [5.74, 6) is -0.826. The first-order chi connectivity index (χ1) is 13.5. The zero-order chi connectivity index (χ0) is 19.8. The Hall–Kier alpha value is -2.51. The Morgan fingerprint density at radius 1 is 1.29 bits per heavy atom. The number of fused-ring (bicyclic) bond motifs is 3. The highest BCUT2D eigenvalue weighted by atomic mass is 19.1. The first-order valence-corrected chi connectivity index (χ1v) is 9.63. The van der Waals surface area contributed by atoms with Crippen molar-refractivity contribution in [2.75, 3.05) is 13.2 Å². The minimum absolute atomic E-state index is 0.0544. The van der Waals surface area contributed by atoms with Crippen LogP contribution in [0.3, 0.4) is 0 Å². The van der Waals surface area contributed by atoms with Crippen molar-refractivity contribution >= 4 is 5.91 Å². The molecular weight excluding hydrogens is 361 g/mol. The number of aliphatic hydroxyl groups is 1. The number of likely N-dealkylation sites (tertiary alicyclic amines) is 1. The van der Waals surface area contributed by atoms with Crippen LogP contribution in [0.15, 0.2) is 47.3 Å². The Kier molecular flexibility index (Phi) is 5.03. The van der Waals surface area contributed by atoms with Gasteiger partial charge in [-0.1, -0.05) is 18.2 Å². The van der Waals surface area contributed by atoms with Gasteiger partial charge in [0.15, 0.2) is 0 Å². The average molecular weight is 385 g/mol. The SMILES string of the molecule is CCNC(=O)[C@@H]1[C@@H](CO)[C@@H]2Cn3c(cccc3=O)[C@@H]2N1Cc1cccc(F)c1. The van der Waals surface area contributed by atoms with Crippen LogP contribution in [-0.2, 0) is 17.9 Å². The Labute approximate surface area is 162 Å². The lowest BCUT2D eigenvalue weighted by molar-refractivity contribution is -0.127. The van der Waals surface area contributed by atoms with Crippen LogP contribution in [0, 0.1) is 17.7 Å². The number of carbonyl (C=O) groups is 1. The van der Waals surface area contributed by atoms with Crippen molar-refractivity contribution in [2.24, 2.45) is 11.8 Å². The Balaban J connectivity index is 1.78. The summed E-state index contributed by atoms with van der Waals surface area (Å²) in [5.41, 5.74) is 1.52. The summed E-state index contributed by atoms with van der Waals surface area (Å²) in [6.07, 6.45) is 0. The molecule has 1 fully saturated rings. The van der Waals surface area contributed by atoms with Gasteiger partial charge in [-0.3, -0.25) is 14.5 Å². The van der Waals surface area contributed by atoms with Gasteiger partial charge in [0.2, 0.25) is 5.91 Å². The van der Waals surface area contributed by atoms with E-state index < -0.39 is 6.04 Å². The van der Waals surface area contributed by atoms with Crippen LogP contribution in [0.5, 0.6) is 0 Å². The van der Waals surface area contributed by atoms with E-state index in [1.807, 2.05) is 24.0 Å². The van der Waals surface area contributed by atoms with Crippen LogP contribution in [-0.4, -0.2) is 39.7 Å². The molecular formula is C21H24FN3O3. The molecule has 1 aromatic carbocycles. The average Bonchev–Trinajstić information content (AvgIpc) is 3.18. The number of aliphatic hydroxyl groups excluding tert-OH is 1. The quantitative estimate of drug-likeness (QED) is 0.813. The molecule has 0 saturated carbocycles. The lowest BCUT2D eigenvalue weighted by atomic mass is 9.88. The summed E-state index contributed by atoms with van der Waals surface area (Å²) < 4.78 is 15.5. The number of hydrogen-bond acceptors (Lipinski definition) is 4. The van der Waals surface area contributed by atoms with Crippen molar-refractivity contribution in [2.45, 2.75) is 32.1 Å². The summed E-state index contributed by atoms with van der Waals surface area (Å²) in [5, 5.41) is 13.0. The maximum absolute atomic E-state index is 13.7. The number of halogens is 1. The highest BCUT2D eigenvalue weighted by Crippen LogP contribution is 2.49. The van der Waals surface area contributed by atoms with Crippen LogP contribution in [0.25, 0.3) is 0 Å². The van der Waals surface area contributed by atoms with Gasteiger partial charge < -0.3 is 15.0 Å². The van der Waals surface area contributed by atoms with Gasteiger partial charge in [0.05, 0.1) is 12.1 Å². The molecule has 6 nitrogen and oxygen atoms in total. The smallest absolute Gasteiger partial charge is 0.250 e. The zero-order valence-corrected chi connectivity index (χ0v) is 15.7. The van der Waals surface area contributed by atoms with Crippen LogP contribution < -0.4 is 10.9 Å². The Bertz CT molecular complexity index is 944. The Morgan fingerprint density at radius 3 is 2.79 bits per heavy atom. The van der Waals surface area contributed by atoms with Crippen LogP contribution in [0.4, 0.5) is 4.39 Å². The third kappa shape index (κ3) is 3.04. The molecule has 0 unspecified atom stereocenters. The first kappa shape index (κ1) is 18.8. The fourth-order valence-corrected chi connectivity index (χ4v) is 4.86. The van der Waals surface area contributed by atoms with Crippen LogP contribution >= 0.6 is 0 Å². The lowest BCUT2D eigenvalue weighted by Gasteiger charge is -2.30. The molecule has 4 rings (SSSR count). The van der Waals surface area contributed by atoms with E-state index in [-0.39, 0.29) is 41.8 Å². The predicted octanol–water partition coefficient (Wildman–Crippen LogP) is 1.29. The summed E-state index contributed by atoms with van der Waals surface area (Å²) in [6, 6.07) is 10.8. The van der Waals surface area contributed by atoms with Gasteiger partial charge in [0, 0.05) is 49.8 Å². The van der Waals surface area contributed by atoms with Crippen molar-refractivity contribution in [1.82, 2.24) is 14.8 Å². The number of nitrogens with zero attached hydrogens (tertiary/aromatic N) is 2. The van der Waals surface area contributed by atoms with Crippen molar-refractivity contribution in [3.05, 3.63) is 69.9 Å². The fourth-order valence-electron chi connectivity index (χ4n) is 4.86. The molecule has 28 heavy (non-hydrogen) atoms. The molecule has 0 aliphatic carbocycles. The third-order valence-corrected chi connectivity index (χ3v) is 5.94. The minimum atomic E-state index is -0.535. The molecule has 0 bridgehead atoms. The lowest BCUT2D eigenvalue weighted by Crippen LogP contribution is -2.48. The van der Waals surface area contributed by atoms with Crippen molar-refractivity contribution < 1.29 is 14.3 Å². The summed E-state index contributed by atoms with van der Waals surface area (Å²) >= 11 is 0. The number of likely N-dealkylation sites (N-methyl/N-ethyl adjacent to an activating group) is 1. The second-order valence-corrected chi connectivity index (χ2v) is 7.50. The van der Waals surface area contributed by atoms with E-state index in [0.717, 1.165) is 11.3 Å². The molecule has 148 valence electrons. The van der Waals surface area contributed by atoms with Crippen molar-refractivity contribution in [3.63, 3.8) is 0 Å². The monoisotopic (exact) mass is 385 g/mol. The molecule has 2 N–H and O–H groups in total. The normalized spacial score (nSPS) is 26.1. The largest absolute Gasteiger partial charge is 0.396 e. The highest BCUT2D eigenvalue weighted by molar-refractivity contribution is 5.82. The number of amides is 1. The van der Waals surface area contributed by atoms with Gasteiger partial charge in [-0.2, -0.15) is 0 Å². The number of aromatic nitrogens is 1. The van der Waals surface area contributed by atoms with Crippen LogP contribution in [0.2, 0.25) is 0 Å². The van der Waals surface area contributed by atoms with E-state index in [9.17, 15) is 19.1 Å². The van der Waals surface area contributed by atoms with Crippen LogP contribution in [0.1, 0.15) is 24.2 Å². The molecule has 7 heteroatoms. The molecule has 3 heterocycles. The first-order valence-electron chi connectivity index (χ1n) is 9.63. The Morgan fingerprint density at radius 2 is 2.07 bits per heavy atom. The number of rotatable bonds is 5. The molecule has 4 atom stereocenters. The van der Waals surface area contributed by atoms with E-state index in [4.69, 9.17) is 0 Å². The maximum atomic E-state index is 13.7. The minimum Gasteiger partial charge on any atom is -0.396 e. The molecule has 1 amide bonds. The highest BCUT2D eigenvalue weighted by Gasteiger charge is 2.55. The van der Waals surface area contributed by atoms with Gasteiger partial charge in [-0.05, 0) is 30.7 Å². The molecule has 1 aromatic heterocycles. The zero-order valence-electron chi connectivity index (χ0n) is 15.7. The standard InChI is InChI=1S/C21H24FN3O3/c1-2-23-21(28)20-16(12-26)15-11-24-17(7-4-8-18(24)27)19(15)25(20)10-13-5-3-6-14(22)9-13/h3-9,15-16,19-20,26H,2,10-12H2,1H3,(H,23,28)/t15-,16-,19+,20-/m0/s1. The summed E-state index contributed by atoms with van der Waals surface area (Å²) in [4.78, 5) is 27.2. The van der Waals surface area contributed by atoms with Gasteiger partial charge in [-0.25, -0.2) is 4.39 Å². The second-order valence-electron chi connectivity index (χ2n) is 7.50. The van der Waals surface area contributed by atoms with Crippen molar-refractivity contribution in [3.8, 4) is 0 Å². The topological polar surface area (TPSA) is 74.6 Å². The van der Waals surface area contributed by atoms with E-state index in [2.05, 4.69) is 5.32 Å². The molecule has 2 aliphatic rings. The van der Waals surface area contributed by atoms with Gasteiger partial charge >= 0.3 is 0 Å². The molecule has 0 spiro atoms. The molecule has 1 saturated heterocycles. The molecule has 2 aliphatic heterocycles. The summed E-state index contributed by atoms with van der Waals surface area (Å²) in [7, 11) is 0. The molecule has 0 radical (unpaired) electrons. The third-order valence-electron chi connectivity index (χ3n) is 5.94. The number of nitrogens with one attached hydrogen (secondary N) is 1. The van der Waals surface area contributed by atoms with E-state index in [1.165, 1.54) is 18.2 Å². The summed E-state index contributed by atoms with van der Waals surface area (Å²) in [6.45, 7) is 3.03. The number of pyridine rings is 1. The number of carbonyl (C=O) groups excluding carboxylic acids is 1. The van der Waals surface area contributed by atoms with E-state index in [0.29, 0.717) is 19.6 Å². The van der Waals surface area contributed by atoms with Crippen molar-refractivity contribution in [1.29, 1.82) is 0 Å². The van der Waals surface area contributed by atoms with Gasteiger partial charge in [-0.15, -0.1) is 0 Å². The number of benzene rings is 1. The maximum Gasteiger partial charge on any atom is 0.250 e. The van der Waals surface area contributed by atoms with E-state index >= 15 is 0 Å². The molecule has 2 aromatic rings. The predicted molar refractivity (Wildman–Crippen MR) is 102 cm³/mol. The number of hydrogen-bond donors (Lipinski definition) is 2. The van der Waals surface area contributed by atoms with Gasteiger partial charge in [0.25, 0.3) is 5.56 Å².